The van der Waals surface area contributed by atoms with E-state index in [1.807, 2.05) is 13.0 Å². The first-order valence-electron chi connectivity index (χ1n) is 7.57. The lowest BCUT2D eigenvalue weighted by Gasteiger charge is -2.25. The minimum absolute atomic E-state index is 0.488. The highest BCUT2D eigenvalue weighted by molar-refractivity contribution is 5.48. The smallest absolute Gasteiger partial charge is 0.133 e. The van der Waals surface area contributed by atoms with Gasteiger partial charge >= 0.3 is 0 Å². The van der Waals surface area contributed by atoms with Crippen LogP contribution >= 0.6 is 0 Å². The summed E-state index contributed by atoms with van der Waals surface area (Å²) in [5, 5.41) is 4.13. The largest absolute Gasteiger partial charge is 0.378 e. The van der Waals surface area contributed by atoms with Crippen LogP contribution in [0.2, 0.25) is 0 Å². The summed E-state index contributed by atoms with van der Waals surface area (Å²) in [7, 11) is 4.17. The summed E-state index contributed by atoms with van der Waals surface area (Å²) in [6.07, 6.45) is 2.46. The first-order valence-corrected chi connectivity index (χ1v) is 7.57. The van der Waals surface area contributed by atoms with E-state index in [4.69, 9.17) is 4.52 Å². The summed E-state index contributed by atoms with van der Waals surface area (Å²) in [6.45, 7) is 3.94. The molecule has 0 radical (unpaired) electrons. The lowest BCUT2D eigenvalue weighted by Crippen LogP contribution is -2.23. The second-order valence-electron chi connectivity index (χ2n) is 6.05. The normalized spacial score (nSPS) is 19.1. The Morgan fingerprint density at radius 3 is 2.90 bits per heavy atom. The Kier molecular flexibility index (Phi) is 3.97. The molecule has 2 aromatic rings. The molecule has 1 aliphatic rings. The fraction of sp³-hybridized carbons (Fsp3) is 0.471. The lowest BCUT2D eigenvalue weighted by atomic mass is 10.0. The van der Waals surface area contributed by atoms with Crippen molar-refractivity contribution in [3.8, 4) is 0 Å². The zero-order valence-corrected chi connectivity index (χ0v) is 13.0. The van der Waals surface area contributed by atoms with Gasteiger partial charge in [0.2, 0.25) is 0 Å². The van der Waals surface area contributed by atoms with E-state index < -0.39 is 0 Å². The molecule has 1 atom stereocenters. The third kappa shape index (κ3) is 3.10. The molecular weight excluding hydrogens is 262 g/mol. The van der Waals surface area contributed by atoms with Crippen molar-refractivity contribution in [1.29, 1.82) is 0 Å². The summed E-state index contributed by atoms with van der Waals surface area (Å²) in [5.74, 6) is 0.885. The van der Waals surface area contributed by atoms with Crippen LogP contribution in [0.5, 0.6) is 0 Å². The van der Waals surface area contributed by atoms with Crippen molar-refractivity contribution >= 4 is 5.69 Å². The quantitative estimate of drug-likeness (QED) is 0.862. The molecule has 1 aromatic heterocycles. The maximum absolute atomic E-state index is 5.18. The molecule has 1 fully saturated rings. The van der Waals surface area contributed by atoms with Gasteiger partial charge in [0, 0.05) is 38.4 Å². The number of likely N-dealkylation sites (tertiary alicyclic amines) is 1. The first-order chi connectivity index (χ1) is 10.1. The van der Waals surface area contributed by atoms with Gasteiger partial charge in [-0.15, -0.1) is 0 Å². The monoisotopic (exact) mass is 285 g/mol. The number of anilines is 1. The maximum Gasteiger partial charge on any atom is 0.133 e. The number of rotatable bonds is 4. The summed E-state index contributed by atoms with van der Waals surface area (Å²) < 4.78 is 5.18. The predicted molar refractivity (Wildman–Crippen MR) is 84.4 cm³/mol. The average molecular weight is 285 g/mol. The number of benzene rings is 1. The second-order valence-corrected chi connectivity index (χ2v) is 6.05. The zero-order chi connectivity index (χ0) is 14.8. The van der Waals surface area contributed by atoms with Gasteiger partial charge in [0.15, 0.2) is 0 Å². The molecule has 1 saturated heterocycles. The second kappa shape index (κ2) is 5.90. The lowest BCUT2D eigenvalue weighted by molar-refractivity contribution is 0.240. The molecule has 1 aliphatic heterocycles. The van der Waals surface area contributed by atoms with E-state index in [0.29, 0.717) is 6.04 Å². The predicted octanol–water partition coefficient (Wildman–Crippen LogP) is 3.39. The van der Waals surface area contributed by atoms with Crippen LogP contribution in [0.15, 0.2) is 34.9 Å². The van der Waals surface area contributed by atoms with Gasteiger partial charge in [-0.2, -0.15) is 0 Å². The van der Waals surface area contributed by atoms with Crippen LogP contribution in [-0.2, 0) is 6.54 Å². The molecule has 1 unspecified atom stereocenters. The standard InChI is InChI=1S/C17H23N3O/c1-13-10-15(18-21-13)12-20-9-5-8-17(20)14-6-4-7-16(11-14)19(2)3/h4,6-7,10-11,17H,5,8-9,12H2,1-3H3. The minimum Gasteiger partial charge on any atom is -0.378 e. The number of nitrogens with zero attached hydrogens (tertiary/aromatic N) is 3. The topological polar surface area (TPSA) is 32.5 Å². The van der Waals surface area contributed by atoms with E-state index in [1.165, 1.54) is 24.1 Å². The van der Waals surface area contributed by atoms with Gasteiger partial charge in [-0.3, -0.25) is 4.90 Å². The molecule has 4 nitrogen and oxygen atoms in total. The van der Waals surface area contributed by atoms with E-state index in [1.54, 1.807) is 0 Å². The van der Waals surface area contributed by atoms with Crippen molar-refractivity contribution in [3.05, 3.63) is 47.3 Å². The third-order valence-corrected chi connectivity index (χ3v) is 4.18. The average Bonchev–Trinajstić information content (AvgIpc) is 3.09. The Morgan fingerprint density at radius 1 is 1.33 bits per heavy atom. The van der Waals surface area contributed by atoms with E-state index in [0.717, 1.165) is 24.5 Å². The summed E-state index contributed by atoms with van der Waals surface area (Å²) >= 11 is 0. The van der Waals surface area contributed by atoms with E-state index in [-0.39, 0.29) is 0 Å². The molecule has 112 valence electrons. The van der Waals surface area contributed by atoms with Gasteiger partial charge in [0.05, 0.1) is 5.69 Å². The highest BCUT2D eigenvalue weighted by atomic mass is 16.5. The molecule has 4 heteroatoms. The van der Waals surface area contributed by atoms with Gasteiger partial charge in [-0.1, -0.05) is 17.3 Å². The number of aromatic nitrogens is 1. The minimum atomic E-state index is 0.488. The summed E-state index contributed by atoms with van der Waals surface area (Å²) in [4.78, 5) is 4.66. The Hall–Kier alpha value is -1.81. The van der Waals surface area contributed by atoms with Gasteiger partial charge in [-0.05, 0) is 44.0 Å². The van der Waals surface area contributed by atoms with E-state index >= 15 is 0 Å². The molecule has 0 amide bonds. The highest BCUT2D eigenvalue weighted by Gasteiger charge is 2.26. The number of hydrogen-bond acceptors (Lipinski definition) is 4. The van der Waals surface area contributed by atoms with Crippen molar-refractivity contribution in [3.63, 3.8) is 0 Å². The Bertz CT molecular complexity index is 606. The Balaban J connectivity index is 1.78. The van der Waals surface area contributed by atoms with E-state index in [9.17, 15) is 0 Å². The molecule has 3 rings (SSSR count). The molecule has 1 aromatic carbocycles. The SMILES string of the molecule is Cc1cc(CN2CCCC2c2cccc(N(C)C)c2)no1. The van der Waals surface area contributed by atoms with Gasteiger partial charge in [0.1, 0.15) is 5.76 Å². The van der Waals surface area contributed by atoms with Crippen molar-refractivity contribution < 1.29 is 4.52 Å². The van der Waals surface area contributed by atoms with Crippen LogP contribution < -0.4 is 4.90 Å². The van der Waals surface area contributed by atoms with Crippen LogP contribution in [0.25, 0.3) is 0 Å². The molecule has 0 saturated carbocycles. The fourth-order valence-electron chi connectivity index (χ4n) is 3.10. The molecular formula is C17H23N3O. The maximum atomic E-state index is 5.18. The summed E-state index contributed by atoms with van der Waals surface area (Å²) in [6, 6.07) is 11.4. The van der Waals surface area contributed by atoms with Crippen LogP contribution in [0.1, 0.15) is 35.9 Å². The van der Waals surface area contributed by atoms with Crippen molar-refractivity contribution in [2.75, 3.05) is 25.5 Å². The number of aryl methyl sites for hydroxylation is 1. The molecule has 21 heavy (non-hydrogen) atoms. The van der Waals surface area contributed by atoms with Crippen molar-refractivity contribution in [2.45, 2.75) is 32.4 Å². The van der Waals surface area contributed by atoms with Crippen LogP contribution in [0.4, 0.5) is 5.69 Å². The van der Waals surface area contributed by atoms with Crippen molar-refractivity contribution in [2.24, 2.45) is 0 Å². The Morgan fingerprint density at radius 2 is 2.19 bits per heavy atom. The summed E-state index contributed by atoms with van der Waals surface area (Å²) in [5.41, 5.74) is 3.69. The molecule has 2 heterocycles. The van der Waals surface area contributed by atoms with E-state index in [2.05, 4.69) is 53.3 Å². The molecule has 0 N–H and O–H groups in total. The molecule has 0 aliphatic carbocycles. The van der Waals surface area contributed by atoms with Gasteiger partial charge in [-0.25, -0.2) is 0 Å². The first kappa shape index (κ1) is 14.1. The highest BCUT2D eigenvalue weighted by Crippen LogP contribution is 2.34. The van der Waals surface area contributed by atoms with Crippen molar-refractivity contribution in [1.82, 2.24) is 10.1 Å². The van der Waals surface area contributed by atoms with Crippen LogP contribution in [0, 0.1) is 6.92 Å². The van der Waals surface area contributed by atoms with Crippen LogP contribution in [0.3, 0.4) is 0 Å². The fourth-order valence-corrected chi connectivity index (χ4v) is 3.10. The molecule has 0 spiro atoms. The van der Waals surface area contributed by atoms with Gasteiger partial charge in [0.25, 0.3) is 0 Å². The van der Waals surface area contributed by atoms with Gasteiger partial charge < -0.3 is 9.42 Å². The zero-order valence-electron chi connectivity index (χ0n) is 13.0. The Labute approximate surface area is 126 Å². The molecule has 0 bridgehead atoms. The van der Waals surface area contributed by atoms with Crippen LogP contribution in [-0.4, -0.2) is 30.7 Å². The third-order valence-electron chi connectivity index (χ3n) is 4.18. The number of hydrogen-bond donors (Lipinski definition) is 0.